The van der Waals surface area contributed by atoms with Gasteiger partial charge in [-0.15, -0.1) is 0 Å². The molecule has 0 unspecified atom stereocenters. The molecule has 3 rings (SSSR count). The Kier molecular flexibility index (Phi) is 4.34. The average Bonchev–Trinajstić information content (AvgIpc) is 2.59. The summed E-state index contributed by atoms with van der Waals surface area (Å²) in [6.07, 6.45) is 3.90. The van der Waals surface area contributed by atoms with Gasteiger partial charge in [-0.25, -0.2) is 9.78 Å². The molecule has 0 aliphatic heterocycles. The molecule has 0 saturated carbocycles. The number of pyridine rings is 1. The number of carbonyl (C=O) groups is 1. The highest BCUT2D eigenvalue weighted by Crippen LogP contribution is 2.16. The van der Waals surface area contributed by atoms with Gasteiger partial charge in [0.05, 0.1) is 11.2 Å². The summed E-state index contributed by atoms with van der Waals surface area (Å²) in [5.41, 5.74) is 2.84. The molecule has 0 spiro atoms. The normalized spacial score (nSPS) is 11.0. The van der Waals surface area contributed by atoms with E-state index in [2.05, 4.69) is 4.98 Å². The lowest BCUT2D eigenvalue weighted by Gasteiger charge is -2.03. The minimum atomic E-state index is -0.989. The molecule has 2 aromatic carbocycles. The molecule has 3 aromatic rings. The molecule has 1 N–H and O–H groups in total. The SMILES string of the molecule is O=C(O)COc1ccc(/C=C/c2ccc3ccccc3n2)cc1. The van der Waals surface area contributed by atoms with Crippen LogP contribution < -0.4 is 4.74 Å². The second-order valence-electron chi connectivity index (χ2n) is 5.01. The molecule has 23 heavy (non-hydrogen) atoms. The van der Waals surface area contributed by atoms with Crippen LogP contribution in [0.5, 0.6) is 5.75 Å². The van der Waals surface area contributed by atoms with Crippen LogP contribution in [-0.4, -0.2) is 22.7 Å². The number of aromatic nitrogens is 1. The summed E-state index contributed by atoms with van der Waals surface area (Å²) in [5.74, 6) is -0.454. The van der Waals surface area contributed by atoms with Crippen molar-refractivity contribution < 1.29 is 14.6 Å². The van der Waals surface area contributed by atoms with Crippen LogP contribution in [0, 0.1) is 0 Å². The number of nitrogens with zero attached hydrogens (tertiary/aromatic N) is 1. The molecule has 114 valence electrons. The topological polar surface area (TPSA) is 59.4 Å². The first-order chi connectivity index (χ1) is 11.2. The number of hydrogen-bond acceptors (Lipinski definition) is 3. The van der Waals surface area contributed by atoms with Crippen LogP contribution in [-0.2, 0) is 4.79 Å². The summed E-state index contributed by atoms with van der Waals surface area (Å²) in [6, 6.07) is 19.2. The van der Waals surface area contributed by atoms with Crippen molar-refractivity contribution in [3.8, 4) is 5.75 Å². The first kappa shape index (κ1) is 14.8. The first-order valence-corrected chi connectivity index (χ1v) is 7.19. The molecule has 0 atom stereocenters. The third-order valence-electron chi connectivity index (χ3n) is 3.31. The van der Waals surface area contributed by atoms with E-state index in [0.717, 1.165) is 22.2 Å². The Balaban J connectivity index is 1.72. The number of fused-ring (bicyclic) bond motifs is 1. The smallest absolute Gasteiger partial charge is 0.341 e. The van der Waals surface area contributed by atoms with Gasteiger partial charge in [-0.1, -0.05) is 42.5 Å². The van der Waals surface area contributed by atoms with Crippen molar-refractivity contribution in [2.45, 2.75) is 0 Å². The van der Waals surface area contributed by atoms with E-state index in [0.29, 0.717) is 5.75 Å². The number of rotatable bonds is 5. The Morgan fingerprint density at radius 1 is 1.00 bits per heavy atom. The van der Waals surface area contributed by atoms with Gasteiger partial charge in [0.2, 0.25) is 0 Å². The summed E-state index contributed by atoms with van der Waals surface area (Å²) < 4.78 is 5.10. The monoisotopic (exact) mass is 305 g/mol. The van der Waals surface area contributed by atoms with Gasteiger partial charge in [0.15, 0.2) is 6.61 Å². The van der Waals surface area contributed by atoms with Crippen molar-refractivity contribution in [1.29, 1.82) is 0 Å². The minimum absolute atomic E-state index is 0.337. The predicted molar refractivity (Wildman–Crippen MR) is 90.2 cm³/mol. The van der Waals surface area contributed by atoms with E-state index in [9.17, 15) is 4.79 Å². The van der Waals surface area contributed by atoms with Crippen molar-refractivity contribution in [2.24, 2.45) is 0 Å². The highest BCUT2D eigenvalue weighted by molar-refractivity contribution is 5.80. The maximum atomic E-state index is 10.4. The van der Waals surface area contributed by atoms with Crippen LogP contribution in [0.4, 0.5) is 0 Å². The molecule has 0 radical (unpaired) electrons. The molecular weight excluding hydrogens is 290 g/mol. The Morgan fingerprint density at radius 2 is 1.78 bits per heavy atom. The second kappa shape index (κ2) is 6.75. The molecule has 0 bridgehead atoms. The lowest BCUT2D eigenvalue weighted by atomic mass is 10.1. The Bertz CT molecular complexity index is 854. The van der Waals surface area contributed by atoms with Crippen molar-refractivity contribution in [3.63, 3.8) is 0 Å². The highest BCUT2D eigenvalue weighted by Gasteiger charge is 1.99. The van der Waals surface area contributed by atoms with E-state index in [1.165, 1.54) is 0 Å². The molecule has 4 heteroatoms. The Hall–Kier alpha value is -3.14. The standard InChI is InChI=1S/C19H15NO3/c21-19(22)13-23-17-11-6-14(7-12-17)5-9-16-10-8-15-3-1-2-4-18(15)20-16/h1-12H,13H2,(H,21,22)/b9-5+. The fraction of sp³-hybridized carbons (Fsp3) is 0.0526. The Morgan fingerprint density at radius 3 is 2.57 bits per heavy atom. The molecule has 0 saturated heterocycles. The molecule has 0 aliphatic carbocycles. The average molecular weight is 305 g/mol. The minimum Gasteiger partial charge on any atom is -0.482 e. The Labute approximate surface area is 133 Å². The van der Waals surface area contributed by atoms with E-state index in [-0.39, 0.29) is 6.61 Å². The summed E-state index contributed by atoms with van der Waals surface area (Å²) >= 11 is 0. The van der Waals surface area contributed by atoms with E-state index in [1.54, 1.807) is 12.1 Å². The second-order valence-corrected chi connectivity index (χ2v) is 5.01. The largest absolute Gasteiger partial charge is 0.482 e. The van der Waals surface area contributed by atoms with Crippen molar-refractivity contribution >= 4 is 29.0 Å². The van der Waals surface area contributed by atoms with Gasteiger partial charge in [-0.2, -0.15) is 0 Å². The van der Waals surface area contributed by atoms with Crippen LogP contribution in [0.3, 0.4) is 0 Å². The molecule has 0 amide bonds. The third-order valence-corrected chi connectivity index (χ3v) is 3.31. The van der Waals surface area contributed by atoms with Crippen LogP contribution in [0.15, 0.2) is 60.7 Å². The summed E-state index contributed by atoms with van der Waals surface area (Å²) in [4.78, 5) is 15.0. The van der Waals surface area contributed by atoms with Crippen LogP contribution >= 0.6 is 0 Å². The number of benzene rings is 2. The van der Waals surface area contributed by atoms with Gasteiger partial charge in [0.1, 0.15) is 5.75 Å². The van der Waals surface area contributed by atoms with Crippen molar-refractivity contribution in [3.05, 3.63) is 71.9 Å². The summed E-state index contributed by atoms with van der Waals surface area (Å²) in [6.45, 7) is -0.337. The number of carboxylic acids is 1. The lowest BCUT2D eigenvalue weighted by Crippen LogP contribution is -2.09. The van der Waals surface area contributed by atoms with Crippen LogP contribution in [0.1, 0.15) is 11.3 Å². The van der Waals surface area contributed by atoms with Crippen LogP contribution in [0.25, 0.3) is 23.1 Å². The molecular formula is C19H15NO3. The molecule has 4 nitrogen and oxygen atoms in total. The zero-order valence-electron chi connectivity index (χ0n) is 12.3. The molecule has 1 aromatic heterocycles. The van der Waals surface area contributed by atoms with E-state index in [1.807, 2.05) is 60.7 Å². The lowest BCUT2D eigenvalue weighted by molar-refractivity contribution is -0.139. The number of aliphatic carboxylic acids is 1. The third kappa shape index (κ3) is 3.95. The quantitative estimate of drug-likeness (QED) is 0.777. The molecule has 1 heterocycles. The van der Waals surface area contributed by atoms with E-state index in [4.69, 9.17) is 9.84 Å². The zero-order chi connectivity index (χ0) is 16.1. The van der Waals surface area contributed by atoms with Crippen molar-refractivity contribution in [2.75, 3.05) is 6.61 Å². The fourth-order valence-electron chi connectivity index (χ4n) is 2.18. The first-order valence-electron chi connectivity index (χ1n) is 7.19. The van der Waals surface area contributed by atoms with Gasteiger partial charge in [-0.3, -0.25) is 0 Å². The number of para-hydroxylation sites is 1. The fourth-order valence-corrected chi connectivity index (χ4v) is 2.18. The maximum Gasteiger partial charge on any atom is 0.341 e. The summed E-state index contributed by atoms with van der Waals surface area (Å²) in [5, 5.41) is 9.69. The van der Waals surface area contributed by atoms with Gasteiger partial charge >= 0.3 is 5.97 Å². The zero-order valence-corrected chi connectivity index (χ0v) is 12.3. The van der Waals surface area contributed by atoms with Crippen molar-refractivity contribution in [1.82, 2.24) is 4.98 Å². The maximum absolute atomic E-state index is 10.4. The number of ether oxygens (including phenoxy) is 1. The molecule has 0 aliphatic rings. The predicted octanol–water partition coefficient (Wildman–Crippen LogP) is 3.87. The summed E-state index contributed by atoms with van der Waals surface area (Å²) in [7, 11) is 0. The van der Waals surface area contributed by atoms with E-state index >= 15 is 0 Å². The van der Waals surface area contributed by atoms with Gasteiger partial charge in [0.25, 0.3) is 0 Å². The van der Waals surface area contributed by atoms with Gasteiger partial charge in [0, 0.05) is 5.39 Å². The number of hydrogen-bond donors (Lipinski definition) is 1. The highest BCUT2D eigenvalue weighted by atomic mass is 16.5. The van der Waals surface area contributed by atoms with Crippen LogP contribution in [0.2, 0.25) is 0 Å². The van der Waals surface area contributed by atoms with Gasteiger partial charge < -0.3 is 9.84 Å². The van der Waals surface area contributed by atoms with Gasteiger partial charge in [-0.05, 0) is 35.9 Å². The molecule has 0 fully saturated rings. The number of carboxylic acid groups (broad SMARTS) is 1. The van der Waals surface area contributed by atoms with E-state index < -0.39 is 5.97 Å².